The van der Waals surface area contributed by atoms with Crippen LogP contribution in [0.25, 0.3) is 0 Å². The highest BCUT2D eigenvalue weighted by molar-refractivity contribution is 7.11. The summed E-state index contributed by atoms with van der Waals surface area (Å²) < 4.78 is 10.5. The molecule has 1 aliphatic rings. The fraction of sp³-hybridized carbons (Fsp3) is 0.476. The lowest BCUT2D eigenvalue weighted by atomic mass is 9.93. The number of nitrogens with zero attached hydrogens (tertiary/aromatic N) is 2. The van der Waals surface area contributed by atoms with E-state index >= 15 is 0 Å². The Morgan fingerprint density at radius 2 is 1.97 bits per heavy atom. The Morgan fingerprint density at radius 3 is 2.59 bits per heavy atom. The van der Waals surface area contributed by atoms with Crippen LogP contribution in [-0.2, 0) is 4.79 Å². The highest BCUT2D eigenvalue weighted by Gasteiger charge is 2.26. The van der Waals surface area contributed by atoms with Crippen LogP contribution in [0, 0.1) is 12.8 Å². The van der Waals surface area contributed by atoms with Crippen molar-refractivity contribution in [2.45, 2.75) is 32.6 Å². The normalized spacial score (nSPS) is 16.4. The van der Waals surface area contributed by atoms with E-state index in [9.17, 15) is 9.59 Å². The first-order valence-corrected chi connectivity index (χ1v) is 10.6. The molecule has 1 fully saturated rings. The van der Waals surface area contributed by atoms with Crippen molar-refractivity contribution in [3.05, 3.63) is 34.3 Å². The molecule has 1 saturated heterocycles. The zero-order chi connectivity index (χ0) is 20.8. The lowest BCUT2D eigenvalue weighted by molar-refractivity contribution is -0.116. The number of carbonyl (C=O) groups is 2. The third-order valence-electron chi connectivity index (χ3n) is 5.16. The summed E-state index contributed by atoms with van der Waals surface area (Å²) in [7, 11) is 3.15. The summed E-state index contributed by atoms with van der Waals surface area (Å²) >= 11 is 1.39. The molecule has 0 spiro atoms. The van der Waals surface area contributed by atoms with Gasteiger partial charge in [-0.25, -0.2) is 4.98 Å². The molecule has 1 aromatic heterocycles. The molecule has 1 aromatic carbocycles. The summed E-state index contributed by atoms with van der Waals surface area (Å²) in [6.07, 6.45) is 3.15. The minimum Gasteiger partial charge on any atom is -0.497 e. The third kappa shape index (κ3) is 5.47. The first-order valence-electron chi connectivity index (χ1n) is 9.72. The van der Waals surface area contributed by atoms with Crippen molar-refractivity contribution in [2.24, 2.45) is 5.92 Å². The minimum atomic E-state index is -0.0537. The SMILES string of the molecule is COc1cc(NC(=O)CC[C@@H]2CCCN(C(=O)c3scnc3C)C2)cc(OC)c1. The molecule has 7 nitrogen and oxygen atoms in total. The number of hydrogen-bond acceptors (Lipinski definition) is 6. The molecular formula is C21H27N3O4S. The maximum absolute atomic E-state index is 12.7. The van der Waals surface area contributed by atoms with Gasteiger partial charge in [-0.1, -0.05) is 0 Å². The summed E-state index contributed by atoms with van der Waals surface area (Å²) in [6.45, 7) is 3.32. The van der Waals surface area contributed by atoms with Gasteiger partial charge in [-0.3, -0.25) is 9.59 Å². The molecular weight excluding hydrogens is 390 g/mol. The first-order chi connectivity index (χ1) is 14.0. The lowest BCUT2D eigenvalue weighted by Gasteiger charge is -2.32. The number of hydrogen-bond donors (Lipinski definition) is 1. The van der Waals surface area contributed by atoms with Crippen molar-refractivity contribution in [3.63, 3.8) is 0 Å². The molecule has 0 bridgehead atoms. The zero-order valence-electron chi connectivity index (χ0n) is 17.1. The van der Waals surface area contributed by atoms with Gasteiger partial charge < -0.3 is 19.7 Å². The Balaban J connectivity index is 1.52. The fourth-order valence-corrected chi connectivity index (χ4v) is 4.34. The van der Waals surface area contributed by atoms with Crippen LogP contribution in [0.3, 0.4) is 0 Å². The first kappa shape index (κ1) is 21.1. The number of thiazole rings is 1. The van der Waals surface area contributed by atoms with Crippen LogP contribution in [0.15, 0.2) is 23.7 Å². The number of rotatable bonds is 7. The van der Waals surface area contributed by atoms with Gasteiger partial charge in [0.2, 0.25) is 5.91 Å². The molecule has 0 radical (unpaired) electrons. The summed E-state index contributed by atoms with van der Waals surface area (Å²) in [5.41, 5.74) is 3.14. The Hall–Kier alpha value is -2.61. The van der Waals surface area contributed by atoms with Gasteiger partial charge in [0.1, 0.15) is 16.4 Å². The predicted molar refractivity (Wildman–Crippen MR) is 113 cm³/mol. The molecule has 29 heavy (non-hydrogen) atoms. The summed E-state index contributed by atoms with van der Waals surface area (Å²) in [4.78, 5) is 31.9. The fourth-order valence-electron chi connectivity index (χ4n) is 3.57. The standard InChI is InChI=1S/C21H27N3O4S/c1-14-20(29-13-22-14)21(26)24-8-4-5-15(12-24)6-7-19(25)23-16-9-17(27-2)11-18(10-16)28-3/h9-11,13,15H,4-8,12H2,1-3H3,(H,23,25)/t15-/m0/s1. The Labute approximate surface area is 175 Å². The molecule has 8 heteroatoms. The van der Waals surface area contributed by atoms with Crippen molar-refractivity contribution in [3.8, 4) is 11.5 Å². The molecule has 1 N–H and O–H groups in total. The Morgan fingerprint density at radius 1 is 1.24 bits per heavy atom. The monoisotopic (exact) mass is 417 g/mol. The van der Waals surface area contributed by atoms with E-state index in [1.54, 1.807) is 37.9 Å². The smallest absolute Gasteiger partial charge is 0.265 e. The number of anilines is 1. The number of methoxy groups -OCH3 is 2. The van der Waals surface area contributed by atoms with Gasteiger partial charge in [-0.05, 0) is 32.1 Å². The molecule has 0 unspecified atom stereocenters. The second kappa shape index (κ2) is 9.73. The Bertz CT molecular complexity index is 845. The van der Waals surface area contributed by atoms with E-state index in [0.29, 0.717) is 36.1 Å². The number of piperidine rings is 1. The van der Waals surface area contributed by atoms with E-state index in [0.717, 1.165) is 36.4 Å². The molecule has 2 aromatic rings. The van der Waals surface area contributed by atoms with Gasteiger partial charge in [0.15, 0.2) is 0 Å². The average molecular weight is 418 g/mol. The number of amides is 2. The van der Waals surface area contributed by atoms with Crippen LogP contribution in [0.1, 0.15) is 41.0 Å². The molecule has 2 heterocycles. The van der Waals surface area contributed by atoms with Crippen molar-refractivity contribution in [1.29, 1.82) is 0 Å². The van der Waals surface area contributed by atoms with Crippen LogP contribution in [-0.4, -0.2) is 49.0 Å². The number of aryl methyl sites for hydroxylation is 1. The zero-order valence-corrected chi connectivity index (χ0v) is 17.9. The maximum Gasteiger partial charge on any atom is 0.265 e. The van der Waals surface area contributed by atoms with Crippen molar-refractivity contribution in [2.75, 3.05) is 32.6 Å². The number of carbonyl (C=O) groups excluding carboxylic acids is 2. The lowest BCUT2D eigenvalue weighted by Crippen LogP contribution is -2.40. The van der Waals surface area contributed by atoms with Gasteiger partial charge in [-0.15, -0.1) is 11.3 Å². The van der Waals surface area contributed by atoms with Gasteiger partial charge in [0, 0.05) is 43.4 Å². The molecule has 1 atom stereocenters. The number of nitrogens with one attached hydrogen (secondary N) is 1. The van der Waals surface area contributed by atoms with Gasteiger partial charge in [0.05, 0.1) is 25.4 Å². The number of ether oxygens (including phenoxy) is 2. The summed E-state index contributed by atoms with van der Waals surface area (Å²) in [6, 6.07) is 5.28. The van der Waals surface area contributed by atoms with Gasteiger partial charge >= 0.3 is 0 Å². The molecule has 3 rings (SSSR count). The highest BCUT2D eigenvalue weighted by atomic mass is 32.1. The number of likely N-dealkylation sites (tertiary alicyclic amines) is 1. The van der Waals surface area contributed by atoms with Crippen molar-refractivity contribution >= 4 is 28.8 Å². The second-order valence-corrected chi connectivity index (χ2v) is 8.07. The van der Waals surface area contributed by atoms with Crippen molar-refractivity contribution in [1.82, 2.24) is 9.88 Å². The number of benzene rings is 1. The van der Waals surface area contributed by atoms with E-state index in [1.165, 1.54) is 11.3 Å². The van der Waals surface area contributed by atoms with Crippen molar-refractivity contribution < 1.29 is 19.1 Å². The number of aromatic nitrogens is 1. The largest absolute Gasteiger partial charge is 0.497 e. The van der Waals surface area contributed by atoms with Crippen LogP contribution in [0.4, 0.5) is 5.69 Å². The summed E-state index contributed by atoms with van der Waals surface area (Å²) in [5, 5.41) is 2.91. The van der Waals surface area contributed by atoms with Gasteiger partial charge in [0.25, 0.3) is 5.91 Å². The predicted octanol–water partition coefficient (Wildman–Crippen LogP) is 3.74. The molecule has 156 valence electrons. The van der Waals surface area contributed by atoms with E-state index in [2.05, 4.69) is 10.3 Å². The molecule has 1 aliphatic heterocycles. The van der Waals surface area contributed by atoms with Gasteiger partial charge in [-0.2, -0.15) is 0 Å². The summed E-state index contributed by atoms with van der Waals surface area (Å²) in [5.74, 6) is 1.58. The maximum atomic E-state index is 12.7. The molecule has 0 saturated carbocycles. The van der Waals surface area contributed by atoms with Crippen LogP contribution >= 0.6 is 11.3 Å². The quantitative estimate of drug-likeness (QED) is 0.742. The van der Waals surface area contributed by atoms with E-state index in [4.69, 9.17) is 9.47 Å². The van der Waals surface area contributed by atoms with Crippen LogP contribution in [0.2, 0.25) is 0 Å². The topological polar surface area (TPSA) is 80.8 Å². The highest BCUT2D eigenvalue weighted by Crippen LogP contribution is 2.27. The minimum absolute atomic E-state index is 0.0537. The van der Waals surface area contributed by atoms with Crippen LogP contribution in [0.5, 0.6) is 11.5 Å². The van der Waals surface area contributed by atoms with E-state index in [-0.39, 0.29) is 11.8 Å². The van der Waals surface area contributed by atoms with Crippen LogP contribution < -0.4 is 14.8 Å². The average Bonchev–Trinajstić information content (AvgIpc) is 3.17. The van der Waals surface area contributed by atoms with E-state index < -0.39 is 0 Å². The Kier molecular flexibility index (Phi) is 7.09. The third-order valence-corrected chi connectivity index (χ3v) is 6.08. The molecule has 0 aliphatic carbocycles. The molecule has 2 amide bonds. The van der Waals surface area contributed by atoms with E-state index in [1.807, 2.05) is 11.8 Å². The second-order valence-electron chi connectivity index (χ2n) is 7.21.